The van der Waals surface area contributed by atoms with Crippen LogP contribution in [-0.2, 0) is 6.54 Å². The van der Waals surface area contributed by atoms with Crippen molar-refractivity contribution in [2.24, 2.45) is 11.7 Å². The van der Waals surface area contributed by atoms with Gasteiger partial charge in [-0.05, 0) is 56.3 Å². The normalized spacial score (nSPS) is 27.7. The van der Waals surface area contributed by atoms with Gasteiger partial charge in [-0.3, -0.25) is 4.90 Å². The average molecular weight is 325 g/mol. The molecule has 1 aromatic carbocycles. The van der Waals surface area contributed by atoms with E-state index in [0.717, 1.165) is 23.5 Å². The Hall–Kier alpha value is -0.380. The van der Waals surface area contributed by atoms with Crippen molar-refractivity contribution < 1.29 is 0 Å². The third kappa shape index (κ3) is 3.59. The van der Waals surface area contributed by atoms with Gasteiger partial charge in [0.05, 0.1) is 0 Å². The van der Waals surface area contributed by atoms with Gasteiger partial charge in [0.2, 0.25) is 0 Å². The highest BCUT2D eigenvalue weighted by atomic mass is 79.9. The molecule has 0 atom stereocenters. The van der Waals surface area contributed by atoms with Crippen LogP contribution in [0.4, 0.5) is 0 Å². The number of halogens is 1. The molecule has 0 aliphatic heterocycles. The molecule has 3 heteroatoms. The van der Waals surface area contributed by atoms with Crippen LogP contribution in [0.25, 0.3) is 0 Å². The maximum atomic E-state index is 6.12. The van der Waals surface area contributed by atoms with E-state index >= 15 is 0 Å². The first-order chi connectivity index (χ1) is 9.05. The van der Waals surface area contributed by atoms with Gasteiger partial charge in [0.15, 0.2) is 0 Å². The Morgan fingerprint density at radius 1 is 1.37 bits per heavy atom. The molecule has 0 bridgehead atoms. The number of hydrogen-bond acceptors (Lipinski definition) is 2. The lowest BCUT2D eigenvalue weighted by Crippen LogP contribution is -2.53. The van der Waals surface area contributed by atoms with E-state index in [2.05, 4.69) is 59.1 Å². The molecule has 0 amide bonds. The van der Waals surface area contributed by atoms with Gasteiger partial charge in [-0.25, -0.2) is 0 Å². The quantitative estimate of drug-likeness (QED) is 0.913. The largest absolute Gasteiger partial charge is 0.329 e. The van der Waals surface area contributed by atoms with Crippen LogP contribution >= 0.6 is 15.9 Å². The molecule has 0 unspecified atom stereocenters. The van der Waals surface area contributed by atoms with Gasteiger partial charge in [0.1, 0.15) is 0 Å². The van der Waals surface area contributed by atoms with E-state index in [4.69, 9.17) is 5.73 Å². The van der Waals surface area contributed by atoms with Gasteiger partial charge in [-0.15, -0.1) is 0 Å². The molecule has 106 valence electrons. The maximum Gasteiger partial charge on any atom is 0.0332 e. The molecule has 1 aliphatic rings. The monoisotopic (exact) mass is 324 g/mol. The van der Waals surface area contributed by atoms with E-state index < -0.39 is 0 Å². The summed E-state index contributed by atoms with van der Waals surface area (Å²) in [6.07, 6.45) is 5.07. The summed E-state index contributed by atoms with van der Waals surface area (Å²) in [6, 6.07) is 8.57. The standard InChI is InChI=1S/C16H25BrN2/c1-13-6-8-16(12-18,9-7-13)19(2)11-14-4-3-5-15(17)10-14/h3-5,10,13H,6-9,11-12,18H2,1-2H3. The van der Waals surface area contributed by atoms with Crippen molar-refractivity contribution in [3.8, 4) is 0 Å². The summed E-state index contributed by atoms with van der Waals surface area (Å²) in [4.78, 5) is 2.47. The molecule has 0 heterocycles. The van der Waals surface area contributed by atoms with Gasteiger partial charge in [-0.1, -0.05) is 35.0 Å². The predicted octanol–water partition coefficient (Wildman–Crippen LogP) is 3.79. The number of hydrogen-bond donors (Lipinski definition) is 1. The Morgan fingerprint density at radius 2 is 2.05 bits per heavy atom. The zero-order valence-electron chi connectivity index (χ0n) is 12.0. The summed E-state index contributed by atoms with van der Waals surface area (Å²) in [7, 11) is 2.23. The summed E-state index contributed by atoms with van der Waals surface area (Å²) in [5, 5.41) is 0. The van der Waals surface area contributed by atoms with Crippen molar-refractivity contribution in [2.45, 2.75) is 44.7 Å². The highest BCUT2D eigenvalue weighted by molar-refractivity contribution is 9.10. The summed E-state index contributed by atoms with van der Waals surface area (Å²) < 4.78 is 1.15. The SMILES string of the molecule is CC1CCC(CN)(N(C)Cc2cccc(Br)c2)CC1. The van der Waals surface area contributed by atoms with Crippen LogP contribution in [0.3, 0.4) is 0 Å². The second-order valence-electron chi connectivity index (χ2n) is 6.10. The first-order valence-corrected chi connectivity index (χ1v) is 8.01. The van der Waals surface area contributed by atoms with Crippen LogP contribution in [-0.4, -0.2) is 24.0 Å². The summed E-state index contributed by atoms with van der Waals surface area (Å²) in [5.41, 5.74) is 7.67. The number of nitrogens with zero attached hydrogens (tertiary/aromatic N) is 1. The number of benzene rings is 1. The van der Waals surface area contributed by atoms with Gasteiger partial charge >= 0.3 is 0 Å². The minimum absolute atomic E-state index is 0.203. The first kappa shape index (κ1) is 15.0. The first-order valence-electron chi connectivity index (χ1n) is 7.21. The number of likely N-dealkylation sites (N-methyl/N-ethyl adjacent to an activating group) is 1. The lowest BCUT2D eigenvalue weighted by Gasteiger charge is -2.45. The maximum absolute atomic E-state index is 6.12. The average Bonchev–Trinajstić information content (AvgIpc) is 2.40. The highest BCUT2D eigenvalue weighted by Crippen LogP contribution is 2.35. The molecule has 1 aromatic rings. The Morgan fingerprint density at radius 3 is 2.63 bits per heavy atom. The van der Waals surface area contributed by atoms with Crippen molar-refractivity contribution in [1.82, 2.24) is 4.90 Å². The van der Waals surface area contributed by atoms with E-state index in [9.17, 15) is 0 Å². The fourth-order valence-electron chi connectivity index (χ4n) is 3.12. The van der Waals surface area contributed by atoms with Crippen molar-refractivity contribution >= 4 is 15.9 Å². The molecular formula is C16H25BrN2. The molecule has 1 saturated carbocycles. The minimum atomic E-state index is 0.203. The fourth-order valence-corrected chi connectivity index (χ4v) is 3.56. The van der Waals surface area contributed by atoms with E-state index in [1.165, 1.54) is 31.2 Å². The fraction of sp³-hybridized carbons (Fsp3) is 0.625. The molecule has 2 rings (SSSR count). The van der Waals surface area contributed by atoms with Crippen LogP contribution in [0, 0.1) is 5.92 Å². The molecule has 19 heavy (non-hydrogen) atoms. The Kier molecular flexibility index (Phi) is 5.04. The zero-order valence-corrected chi connectivity index (χ0v) is 13.6. The van der Waals surface area contributed by atoms with Crippen LogP contribution < -0.4 is 5.73 Å². The molecule has 1 aliphatic carbocycles. The lowest BCUT2D eigenvalue weighted by molar-refractivity contribution is 0.0616. The minimum Gasteiger partial charge on any atom is -0.329 e. The van der Waals surface area contributed by atoms with Crippen molar-refractivity contribution in [3.05, 3.63) is 34.3 Å². The van der Waals surface area contributed by atoms with Crippen LogP contribution in [0.1, 0.15) is 38.2 Å². The third-order valence-corrected chi connectivity index (χ3v) is 5.20. The second-order valence-corrected chi connectivity index (χ2v) is 7.01. The Labute approximate surface area is 125 Å². The van der Waals surface area contributed by atoms with Gasteiger partial charge in [0.25, 0.3) is 0 Å². The summed E-state index contributed by atoms with van der Waals surface area (Å²) >= 11 is 3.54. The molecule has 0 saturated heterocycles. The third-order valence-electron chi connectivity index (χ3n) is 4.70. The van der Waals surface area contributed by atoms with Crippen LogP contribution in [0.5, 0.6) is 0 Å². The van der Waals surface area contributed by atoms with Crippen molar-refractivity contribution in [1.29, 1.82) is 0 Å². The van der Waals surface area contributed by atoms with E-state index in [-0.39, 0.29) is 5.54 Å². The number of rotatable bonds is 4. The Balaban J connectivity index is 2.06. The van der Waals surface area contributed by atoms with Crippen LogP contribution in [0.2, 0.25) is 0 Å². The predicted molar refractivity (Wildman–Crippen MR) is 85.0 cm³/mol. The topological polar surface area (TPSA) is 29.3 Å². The van der Waals surface area contributed by atoms with Crippen molar-refractivity contribution in [3.63, 3.8) is 0 Å². The number of nitrogens with two attached hydrogens (primary N) is 1. The molecule has 0 spiro atoms. The molecule has 1 fully saturated rings. The van der Waals surface area contributed by atoms with Gasteiger partial charge in [0, 0.05) is 23.1 Å². The smallest absolute Gasteiger partial charge is 0.0332 e. The lowest BCUT2D eigenvalue weighted by atomic mass is 9.76. The summed E-state index contributed by atoms with van der Waals surface area (Å²) in [6.45, 7) is 4.10. The van der Waals surface area contributed by atoms with Crippen molar-refractivity contribution in [2.75, 3.05) is 13.6 Å². The highest BCUT2D eigenvalue weighted by Gasteiger charge is 2.36. The van der Waals surface area contributed by atoms with Gasteiger partial charge < -0.3 is 5.73 Å². The van der Waals surface area contributed by atoms with Gasteiger partial charge in [-0.2, -0.15) is 0 Å². The zero-order chi connectivity index (χ0) is 13.9. The van der Waals surface area contributed by atoms with Crippen LogP contribution in [0.15, 0.2) is 28.7 Å². The molecule has 0 aromatic heterocycles. The van der Waals surface area contributed by atoms with E-state index in [1.807, 2.05) is 0 Å². The van der Waals surface area contributed by atoms with E-state index in [0.29, 0.717) is 0 Å². The molecule has 2 N–H and O–H groups in total. The molecule has 2 nitrogen and oxygen atoms in total. The Bertz CT molecular complexity index is 411. The van der Waals surface area contributed by atoms with E-state index in [1.54, 1.807) is 0 Å². The second kappa shape index (κ2) is 6.38. The summed E-state index contributed by atoms with van der Waals surface area (Å²) in [5.74, 6) is 0.860. The molecule has 0 radical (unpaired) electrons. The molecular weight excluding hydrogens is 300 g/mol.